The van der Waals surface area contributed by atoms with Crippen molar-refractivity contribution in [1.29, 1.82) is 0 Å². The first-order chi connectivity index (χ1) is 7.20. The van der Waals surface area contributed by atoms with Crippen molar-refractivity contribution in [1.82, 2.24) is 14.8 Å². The molecule has 3 N–H and O–H groups in total. The molecule has 2 rings (SSSR count). The number of nitrogens with two attached hydrogens (primary N) is 1. The summed E-state index contributed by atoms with van der Waals surface area (Å²) in [6, 6.07) is 4.17. The first kappa shape index (κ1) is 9.92. The molecule has 0 amide bonds. The minimum atomic E-state index is 0.225. The van der Waals surface area contributed by atoms with Gasteiger partial charge in [0.15, 0.2) is 5.65 Å². The average molecular weight is 205 g/mol. The van der Waals surface area contributed by atoms with Crippen molar-refractivity contribution in [3.8, 4) is 0 Å². The molecule has 0 saturated carbocycles. The summed E-state index contributed by atoms with van der Waals surface area (Å²) in [4.78, 5) is 4.46. The summed E-state index contributed by atoms with van der Waals surface area (Å²) < 4.78 is 1.76. The summed E-state index contributed by atoms with van der Waals surface area (Å²) in [5, 5.41) is 8.41. The average Bonchev–Trinajstić information content (AvgIpc) is 2.60. The van der Waals surface area contributed by atoms with Crippen molar-refractivity contribution in [2.75, 3.05) is 11.9 Å². The molecule has 1 unspecified atom stereocenters. The number of aryl methyl sites for hydroxylation is 1. The van der Waals surface area contributed by atoms with Gasteiger partial charge < -0.3 is 11.1 Å². The van der Waals surface area contributed by atoms with Gasteiger partial charge in [-0.15, -0.1) is 0 Å². The number of hydrogen-bond donors (Lipinski definition) is 2. The van der Waals surface area contributed by atoms with Gasteiger partial charge in [-0.3, -0.25) is 4.68 Å². The second-order valence-electron chi connectivity index (χ2n) is 3.66. The molecular weight excluding hydrogens is 190 g/mol. The molecule has 2 heterocycles. The van der Waals surface area contributed by atoms with Crippen molar-refractivity contribution in [3.05, 3.63) is 18.3 Å². The normalized spacial score (nSPS) is 13.0. The van der Waals surface area contributed by atoms with E-state index in [4.69, 9.17) is 5.73 Å². The van der Waals surface area contributed by atoms with Crippen molar-refractivity contribution >= 4 is 16.9 Å². The van der Waals surface area contributed by atoms with Crippen LogP contribution in [-0.4, -0.2) is 27.4 Å². The highest BCUT2D eigenvalue weighted by molar-refractivity contribution is 5.76. The van der Waals surface area contributed by atoms with Gasteiger partial charge in [0.1, 0.15) is 5.82 Å². The van der Waals surface area contributed by atoms with Crippen LogP contribution in [0.1, 0.15) is 6.92 Å². The Hall–Kier alpha value is -1.62. The molecule has 5 nitrogen and oxygen atoms in total. The molecule has 2 aromatic heterocycles. The molecule has 0 aliphatic heterocycles. The highest BCUT2D eigenvalue weighted by Gasteiger charge is 2.04. The fourth-order valence-electron chi connectivity index (χ4n) is 1.41. The second-order valence-corrected chi connectivity index (χ2v) is 3.66. The largest absolute Gasteiger partial charge is 0.366 e. The van der Waals surface area contributed by atoms with Crippen LogP contribution >= 0.6 is 0 Å². The third-order valence-electron chi connectivity index (χ3n) is 2.33. The third kappa shape index (κ3) is 1.92. The second kappa shape index (κ2) is 3.86. The van der Waals surface area contributed by atoms with Gasteiger partial charge in [0.2, 0.25) is 0 Å². The number of hydrogen-bond acceptors (Lipinski definition) is 4. The van der Waals surface area contributed by atoms with Crippen LogP contribution in [-0.2, 0) is 7.05 Å². The summed E-state index contributed by atoms with van der Waals surface area (Å²) in [7, 11) is 1.88. The molecule has 0 fully saturated rings. The maximum atomic E-state index is 5.53. The van der Waals surface area contributed by atoms with Gasteiger partial charge in [-0.1, -0.05) is 0 Å². The number of anilines is 1. The van der Waals surface area contributed by atoms with Crippen LogP contribution in [0.2, 0.25) is 0 Å². The van der Waals surface area contributed by atoms with Crippen LogP contribution in [0.25, 0.3) is 11.0 Å². The van der Waals surface area contributed by atoms with Crippen molar-refractivity contribution in [2.45, 2.75) is 13.0 Å². The molecular formula is C10H15N5. The molecule has 0 aliphatic carbocycles. The number of pyridine rings is 1. The maximum Gasteiger partial charge on any atom is 0.159 e. The Morgan fingerprint density at radius 3 is 3.07 bits per heavy atom. The van der Waals surface area contributed by atoms with Crippen LogP contribution in [0, 0.1) is 0 Å². The molecule has 0 aliphatic rings. The monoisotopic (exact) mass is 205 g/mol. The molecule has 0 spiro atoms. The zero-order valence-electron chi connectivity index (χ0n) is 8.94. The summed E-state index contributed by atoms with van der Waals surface area (Å²) >= 11 is 0. The maximum absolute atomic E-state index is 5.53. The fourth-order valence-corrected chi connectivity index (χ4v) is 1.41. The van der Waals surface area contributed by atoms with Gasteiger partial charge >= 0.3 is 0 Å². The minimum Gasteiger partial charge on any atom is -0.366 e. The summed E-state index contributed by atoms with van der Waals surface area (Å²) in [6.07, 6.45) is 1.80. The smallest absolute Gasteiger partial charge is 0.159 e. The van der Waals surface area contributed by atoms with Crippen LogP contribution in [0.15, 0.2) is 18.3 Å². The number of nitrogens with one attached hydrogen (secondary N) is 1. The Morgan fingerprint density at radius 1 is 1.53 bits per heavy atom. The lowest BCUT2D eigenvalue weighted by molar-refractivity contribution is 0.779. The third-order valence-corrected chi connectivity index (χ3v) is 2.33. The predicted octanol–water partition coefficient (Wildman–Crippen LogP) is 0.727. The standard InChI is InChI=1S/C10H15N5/c1-7(5-11)13-9-4-3-8-6-12-15(2)10(8)14-9/h3-4,6-7H,5,11H2,1-2H3,(H,13,14). The van der Waals surface area contributed by atoms with Gasteiger partial charge in [-0.25, -0.2) is 4.98 Å². The quantitative estimate of drug-likeness (QED) is 0.775. The SMILES string of the molecule is CC(CN)Nc1ccc2cnn(C)c2n1. The van der Waals surface area contributed by atoms with E-state index in [1.54, 1.807) is 10.9 Å². The van der Waals surface area contributed by atoms with E-state index in [0.29, 0.717) is 6.54 Å². The van der Waals surface area contributed by atoms with Crippen molar-refractivity contribution < 1.29 is 0 Å². The Balaban J connectivity index is 2.33. The number of aromatic nitrogens is 3. The van der Waals surface area contributed by atoms with E-state index >= 15 is 0 Å². The summed E-state index contributed by atoms with van der Waals surface area (Å²) in [5.41, 5.74) is 6.41. The highest BCUT2D eigenvalue weighted by Crippen LogP contribution is 2.14. The van der Waals surface area contributed by atoms with Crippen molar-refractivity contribution in [2.24, 2.45) is 12.8 Å². The lowest BCUT2D eigenvalue weighted by Crippen LogP contribution is -2.25. The molecule has 2 aromatic rings. The van der Waals surface area contributed by atoms with Gasteiger partial charge in [0.25, 0.3) is 0 Å². The first-order valence-corrected chi connectivity index (χ1v) is 4.96. The van der Waals surface area contributed by atoms with E-state index in [2.05, 4.69) is 15.4 Å². The van der Waals surface area contributed by atoms with Gasteiger partial charge in [0, 0.05) is 25.0 Å². The summed E-state index contributed by atoms with van der Waals surface area (Å²) in [6.45, 7) is 2.61. The van der Waals surface area contributed by atoms with E-state index in [0.717, 1.165) is 16.9 Å². The Bertz CT molecular complexity index is 462. The molecule has 15 heavy (non-hydrogen) atoms. The zero-order chi connectivity index (χ0) is 10.8. The lowest BCUT2D eigenvalue weighted by Gasteiger charge is -2.11. The Kier molecular flexibility index (Phi) is 2.55. The van der Waals surface area contributed by atoms with Crippen LogP contribution in [0.5, 0.6) is 0 Å². The van der Waals surface area contributed by atoms with Crippen LogP contribution in [0.3, 0.4) is 0 Å². The number of nitrogens with zero attached hydrogens (tertiary/aromatic N) is 3. The lowest BCUT2D eigenvalue weighted by atomic mass is 10.3. The number of fused-ring (bicyclic) bond motifs is 1. The van der Waals surface area contributed by atoms with Gasteiger partial charge in [0.05, 0.1) is 6.20 Å². The van der Waals surface area contributed by atoms with Crippen molar-refractivity contribution in [3.63, 3.8) is 0 Å². The topological polar surface area (TPSA) is 68.8 Å². The fraction of sp³-hybridized carbons (Fsp3) is 0.400. The van der Waals surface area contributed by atoms with E-state index in [-0.39, 0.29) is 6.04 Å². The molecule has 0 saturated heterocycles. The van der Waals surface area contributed by atoms with E-state index in [9.17, 15) is 0 Å². The molecule has 5 heteroatoms. The minimum absolute atomic E-state index is 0.225. The van der Waals surface area contributed by atoms with E-state index in [1.807, 2.05) is 26.1 Å². The number of rotatable bonds is 3. The van der Waals surface area contributed by atoms with Crippen LogP contribution < -0.4 is 11.1 Å². The molecule has 80 valence electrons. The van der Waals surface area contributed by atoms with E-state index in [1.165, 1.54) is 0 Å². The zero-order valence-corrected chi connectivity index (χ0v) is 8.94. The predicted molar refractivity (Wildman–Crippen MR) is 60.6 cm³/mol. The molecule has 1 atom stereocenters. The van der Waals surface area contributed by atoms with Crippen LogP contribution in [0.4, 0.5) is 5.82 Å². The summed E-state index contributed by atoms with van der Waals surface area (Å²) in [5.74, 6) is 0.837. The first-order valence-electron chi connectivity index (χ1n) is 4.96. The van der Waals surface area contributed by atoms with E-state index < -0.39 is 0 Å². The molecule has 0 bridgehead atoms. The molecule has 0 radical (unpaired) electrons. The molecule has 0 aromatic carbocycles. The Labute approximate surface area is 88.3 Å². The highest BCUT2D eigenvalue weighted by atomic mass is 15.3. The Morgan fingerprint density at radius 2 is 2.33 bits per heavy atom. The van der Waals surface area contributed by atoms with Gasteiger partial charge in [-0.05, 0) is 19.1 Å². The van der Waals surface area contributed by atoms with Gasteiger partial charge in [-0.2, -0.15) is 5.10 Å².